The van der Waals surface area contributed by atoms with Gasteiger partial charge in [-0.3, -0.25) is 14.2 Å². The fraction of sp³-hybridized carbons (Fsp3) is 0.292. The number of amides is 1. The molecule has 1 amide bonds. The molecule has 0 unspecified atom stereocenters. The summed E-state index contributed by atoms with van der Waals surface area (Å²) in [5.41, 5.74) is 1.71. The maximum atomic E-state index is 13.5. The van der Waals surface area contributed by atoms with E-state index in [0.29, 0.717) is 45.8 Å². The molecule has 0 bridgehead atoms. The molecule has 0 saturated heterocycles. The van der Waals surface area contributed by atoms with Gasteiger partial charge in [-0.1, -0.05) is 6.08 Å². The van der Waals surface area contributed by atoms with Crippen molar-refractivity contribution in [1.82, 2.24) is 14.5 Å². The molecular weight excluding hydrogens is 426 g/mol. The van der Waals surface area contributed by atoms with Crippen LogP contribution in [0, 0.1) is 4.77 Å². The number of hydrogen-bond donors (Lipinski definition) is 1. The minimum absolute atomic E-state index is 0.103. The quantitative estimate of drug-likeness (QED) is 0.413. The zero-order valence-corrected chi connectivity index (χ0v) is 18.9. The Morgan fingerprint density at radius 2 is 2.03 bits per heavy atom. The molecule has 2 aromatic carbocycles. The van der Waals surface area contributed by atoms with Crippen molar-refractivity contribution in [2.45, 2.75) is 32.0 Å². The lowest BCUT2D eigenvalue weighted by Gasteiger charge is -2.24. The number of hydrogen-bond acceptors (Lipinski definition) is 5. The first-order valence-corrected chi connectivity index (χ1v) is 10.8. The predicted octanol–water partition coefficient (Wildman–Crippen LogP) is 4.07. The van der Waals surface area contributed by atoms with Gasteiger partial charge >= 0.3 is 0 Å². The van der Waals surface area contributed by atoms with Crippen molar-refractivity contribution in [3.8, 4) is 11.5 Å². The Labute approximate surface area is 190 Å². The van der Waals surface area contributed by atoms with Crippen molar-refractivity contribution in [3.05, 3.63) is 75.3 Å². The van der Waals surface area contributed by atoms with E-state index in [2.05, 4.69) is 11.6 Å². The summed E-state index contributed by atoms with van der Waals surface area (Å²) < 4.78 is 12.6. The van der Waals surface area contributed by atoms with Gasteiger partial charge in [-0.25, -0.2) is 0 Å². The van der Waals surface area contributed by atoms with E-state index < -0.39 is 0 Å². The molecule has 1 aliphatic carbocycles. The Balaban J connectivity index is 1.70. The SMILES string of the molecule is C=CCn1c(=S)[nH]c2cc(C(=O)N(Cc3cc(OC)ccc3OC)C3CC3)ccc2c1=O. The molecule has 3 aromatic rings. The number of nitrogens with one attached hydrogen (secondary N) is 1. The van der Waals surface area contributed by atoms with Gasteiger partial charge in [0.2, 0.25) is 0 Å². The molecule has 7 nitrogen and oxygen atoms in total. The van der Waals surface area contributed by atoms with Gasteiger partial charge in [0.05, 0.1) is 31.7 Å². The third kappa shape index (κ3) is 4.18. The maximum absolute atomic E-state index is 13.5. The molecule has 1 N–H and O–H groups in total. The molecule has 32 heavy (non-hydrogen) atoms. The first-order chi connectivity index (χ1) is 15.5. The van der Waals surface area contributed by atoms with E-state index in [1.54, 1.807) is 38.5 Å². The second-order valence-corrected chi connectivity index (χ2v) is 8.12. The van der Waals surface area contributed by atoms with Gasteiger partial charge in [-0.15, -0.1) is 6.58 Å². The summed E-state index contributed by atoms with van der Waals surface area (Å²) in [6.07, 6.45) is 3.54. The number of aromatic nitrogens is 2. The minimum atomic E-state index is -0.206. The number of carbonyl (C=O) groups excluding carboxylic acids is 1. The first-order valence-electron chi connectivity index (χ1n) is 10.4. The standard InChI is InChI=1S/C24H25N3O4S/c1-4-11-26-23(29)19-9-5-15(13-20(19)25-24(26)32)22(28)27(17-6-7-17)14-16-12-18(30-2)8-10-21(16)31-3/h4-5,8-10,12-13,17H,1,6-7,11,14H2,2-3H3,(H,25,32). The molecule has 0 spiro atoms. The summed E-state index contributed by atoms with van der Waals surface area (Å²) in [6, 6.07) is 10.8. The molecule has 0 atom stereocenters. The average Bonchev–Trinajstić information content (AvgIpc) is 3.64. The molecule has 0 radical (unpaired) electrons. The van der Waals surface area contributed by atoms with Crippen molar-refractivity contribution in [2.75, 3.05) is 14.2 Å². The van der Waals surface area contributed by atoms with Crippen LogP contribution in [0.25, 0.3) is 10.9 Å². The Morgan fingerprint density at radius 1 is 1.25 bits per heavy atom. The zero-order chi connectivity index (χ0) is 22.8. The molecular formula is C24H25N3O4S. The molecule has 1 fully saturated rings. The van der Waals surface area contributed by atoms with Crippen LogP contribution in [0.4, 0.5) is 0 Å². The second-order valence-electron chi connectivity index (χ2n) is 7.74. The van der Waals surface area contributed by atoms with Crippen molar-refractivity contribution in [1.29, 1.82) is 0 Å². The zero-order valence-electron chi connectivity index (χ0n) is 18.1. The molecule has 8 heteroatoms. The van der Waals surface area contributed by atoms with Crippen LogP contribution in [0.5, 0.6) is 11.5 Å². The van der Waals surface area contributed by atoms with Gasteiger partial charge < -0.3 is 19.4 Å². The molecule has 166 valence electrons. The van der Waals surface area contributed by atoms with E-state index in [0.717, 1.165) is 18.4 Å². The lowest BCUT2D eigenvalue weighted by Crippen LogP contribution is -2.33. The number of methoxy groups -OCH3 is 2. The van der Waals surface area contributed by atoms with E-state index in [1.807, 2.05) is 23.1 Å². The average molecular weight is 452 g/mol. The maximum Gasteiger partial charge on any atom is 0.262 e. The highest BCUT2D eigenvalue weighted by molar-refractivity contribution is 7.71. The van der Waals surface area contributed by atoms with E-state index >= 15 is 0 Å². The summed E-state index contributed by atoms with van der Waals surface area (Å²) in [6.45, 7) is 4.39. The number of nitrogens with zero attached hydrogens (tertiary/aromatic N) is 2. The normalized spacial score (nSPS) is 13.1. The van der Waals surface area contributed by atoms with Gasteiger partial charge in [-0.2, -0.15) is 0 Å². The highest BCUT2D eigenvalue weighted by Gasteiger charge is 2.34. The Kier molecular flexibility index (Phi) is 6.14. The molecule has 1 aromatic heterocycles. The highest BCUT2D eigenvalue weighted by atomic mass is 32.1. The van der Waals surface area contributed by atoms with Crippen LogP contribution < -0.4 is 15.0 Å². The second kappa shape index (κ2) is 9.00. The summed E-state index contributed by atoms with van der Waals surface area (Å²) in [5, 5.41) is 0.476. The van der Waals surface area contributed by atoms with Crippen molar-refractivity contribution in [3.63, 3.8) is 0 Å². The van der Waals surface area contributed by atoms with Crippen LogP contribution in [0.3, 0.4) is 0 Å². The number of aromatic amines is 1. The number of allylic oxidation sites excluding steroid dienone is 1. The number of benzene rings is 2. The summed E-state index contributed by atoms with van der Waals surface area (Å²) in [4.78, 5) is 31.2. The molecule has 1 aliphatic rings. The van der Waals surface area contributed by atoms with Crippen LogP contribution >= 0.6 is 12.2 Å². The molecule has 1 saturated carbocycles. The van der Waals surface area contributed by atoms with E-state index in [1.165, 1.54) is 4.57 Å². The fourth-order valence-electron chi connectivity index (χ4n) is 3.79. The summed E-state index contributed by atoms with van der Waals surface area (Å²) >= 11 is 5.32. The first kappa shape index (κ1) is 21.8. The summed E-state index contributed by atoms with van der Waals surface area (Å²) in [7, 11) is 3.22. The van der Waals surface area contributed by atoms with Crippen molar-refractivity contribution < 1.29 is 14.3 Å². The number of carbonyl (C=O) groups is 1. The van der Waals surface area contributed by atoms with Crippen molar-refractivity contribution >= 4 is 29.0 Å². The van der Waals surface area contributed by atoms with Crippen molar-refractivity contribution in [2.24, 2.45) is 0 Å². The van der Waals surface area contributed by atoms with Gasteiger partial charge in [0.1, 0.15) is 11.5 Å². The van der Waals surface area contributed by atoms with Crippen LogP contribution in [0.15, 0.2) is 53.8 Å². The topological polar surface area (TPSA) is 76.6 Å². The van der Waals surface area contributed by atoms with Gasteiger partial charge in [-0.05, 0) is 61.5 Å². The lowest BCUT2D eigenvalue weighted by molar-refractivity contribution is 0.0728. The smallest absolute Gasteiger partial charge is 0.262 e. The van der Waals surface area contributed by atoms with Gasteiger partial charge in [0, 0.05) is 23.7 Å². The third-order valence-corrected chi connectivity index (χ3v) is 5.94. The lowest BCUT2D eigenvalue weighted by atomic mass is 10.1. The largest absolute Gasteiger partial charge is 0.497 e. The van der Waals surface area contributed by atoms with Crippen LogP contribution in [-0.2, 0) is 13.1 Å². The Morgan fingerprint density at radius 3 is 2.69 bits per heavy atom. The third-order valence-electron chi connectivity index (χ3n) is 5.62. The van der Waals surface area contributed by atoms with E-state index in [9.17, 15) is 9.59 Å². The number of rotatable bonds is 8. The van der Waals surface area contributed by atoms with Crippen LogP contribution in [-0.4, -0.2) is 40.6 Å². The number of H-pyrrole nitrogens is 1. The molecule has 0 aliphatic heterocycles. The molecule has 4 rings (SSSR count). The monoisotopic (exact) mass is 451 g/mol. The minimum Gasteiger partial charge on any atom is -0.497 e. The van der Waals surface area contributed by atoms with E-state index in [-0.39, 0.29) is 17.5 Å². The number of fused-ring (bicyclic) bond motifs is 1. The van der Waals surface area contributed by atoms with Gasteiger partial charge in [0.15, 0.2) is 4.77 Å². The van der Waals surface area contributed by atoms with Gasteiger partial charge in [0.25, 0.3) is 11.5 Å². The Hall–Kier alpha value is -3.39. The van der Waals surface area contributed by atoms with Crippen LogP contribution in [0.2, 0.25) is 0 Å². The van der Waals surface area contributed by atoms with Crippen LogP contribution in [0.1, 0.15) is 28.8 Å². The van der Waals surface area contributed by atoms with E-state index in [4.69, 9.17) is 21.7 Å². The Bertz CT molecular complexity index is 1310. The molecule has 1 heterocycles. The number of ether oxygens (including phenoxy) is 2. The summed E-state index contributed by atoms with van der Waals surface area (Å²) in [5.74, 6) is 1.31. The fourth-order valence-corrected chi connectivity index (χ4v) is 4.06. The highest BCUT2D eigenvalue weighted by Crippen LogP contribution is 2.33. The predicted molar refractivity (Wildman–Crippen MR) is 126 cm³/mol.